The molecule has 4 rings (SSSR count). The van der Waals surface area contributed by atoms with Gasteiger partial charge in [0.05, 0.1) is 11.4 Å². The molecule has 0 fully saturated rings. The maximum atomic E-state index is 13.0. The van der Waals surface area contributed by atoms with Crippen molar-refractivity contribution in [2.45, 2.75) is 31.3 Å². The molecule has 2 aromatic carbocycles. The van der Waals surface area contributed by atoms with Gasteiger partial charge in [-0.2, -0.15) is 0 Å². The minimum Gasteiger partial charge on any atom is -0.346 e. The van der Waals surface area contributed by atoms with E-state index in [1.807, 2.05) is 10.6 Å². The van der Waals surface area contributed by atoms with Crippen molar-refractivity contribution in [2.75, 3.05) is 0 Å². The Labute approximate surface area is 186 Å². The predicted molar refractivity (Wildman–Crippen MR) is 118 cm³/mol. The van der Waals surface area contributed by atoms with Crippen molar-refractivity contribution in [3.8, 4) is 5.69 Å². The third-order valence-electron chi connectivity index (χ3n) is 4.48. The fraction of sp³-hybridized carbons (Fsp3) is 0.190. The Morgan fingerprint density at radius 3 is 2.71 bits per heavy atom. The molecule has 2 heterocycles. The number of aryl methyl sites for hydroxylation is 2. The second-order valence-electron chi connectivity index (χ2n) is 6.87. The molecule has 2 aromatic heterocycles. The van der Waals surface area contributed by atoms with E-state index in [0.29, 0.717) is 17.3 Å². The summed E-state index contributed by atoms with van der Waals surface area (Å²) in [7, 11) is 0. The summed E-state index contributed by atoms with van der Waals surface area (Å²) in [6.45, 7) is 4.40. The van der Waals surface area contributed by atoms with Gasteiger partial charge in [0.2, 0.25) is 5.01 Å². The Morgan fingerprint density at radius 1 is 1.13 bits per heavy atom. The minimum absolute atomic E-state index is 0.286. The number of halogens is 1. The summed E-state index contributed by atoms with van der Waals surface area (Å²) in [4.78, 5) is 12.3. The maximum absolute atomic E-state index is 13.0. The summed E-state index contributed by atoms with van der Waals surface area (Å²) in [5.41, 5.74) is 4.16. The topological polar surface area (TPSA) is 85.6 Å². The van der Waals surface area contributed by atoms with Crippen LogP contribution in [0.1, 0.15) is 31.5 Å². The lowest BCUT2D eigenvalue weighted by molar-refractivity contribution is 0.0950. The first-order valence-electron chi connectivity index (χ1n) is 9.45. The summed E-state index contributed by atoms with van der Waals surface area (Å²) < 4.78 is 14.9. The van der Waals surface area contributed by atoms with Crippen molar-refractivity contribution in [1.82, 2.24) is 30.3 Å². The fourth-order valence-corrected chi connectivity index (χ4v) is 4.62. The van der Waals surface area contributed by atoms with Gasteiger partial charge in [-0.1, -0.05) is 52.9 Å². The van der Waals surface area contributed by atoms with E-state index in [-0.39, 0.29) is 16.7 Å². The van der Waals surface area contributed by atoms with Crippen LogP contribution in [0.3, 0.4) is 0 Å². The van der Waals surface area contributed by atoms with Gasteiger partial charge in [-0.05, 0) is 43.2 Å². The van der Waals surface area contributed by atoms with Gasteiger partial charge < -0.3 is 5.32 Å². The van der Waals surface area contributed by atoms with Crippen LogP contribution in [0, 0.1) is 19.7 Å². The van der Waals surface area contributed by atoms with Crippen molar-refractivity contribution in [1.29, 1.82) is 0 Å². The molecule has 0 aliphatic carbocycles. The lowest BCUT2D eigenvalue weighted by Crippen LogP contribution is -2.22. The number of hydrogen-bond donors (Lipinski definition) is 1. The number of nitrogens with zero attached hydrogens (tertiary/aromatic N) is 5. The Bertz CT molecular complexity index is 1200. The van der Waals surface area contributed by atoms with Crippen molar-refractivity contribution in [2.24, 2.45) is 0 Å². The molecule has 7 nitrogen and oxygen atoms in total. The summed E-state index contributed by atoms with van der Waals surface area (Å²) in [5.74, 6) is -0.0989. The molecule has 0 radical (unpaired) electrons. The average molecular weight is 455 g/mol. The standard InChI is InChI=1S/C21H19FN6OS2/c1-13-3-8-17(14(2)9-13)28-12-24-27-21(28)30-11-18-25-26-20(31-18)19(29)23-10-15-4-6-16(22)7-5-15/h3-9,12H,10-11H2,1-2H3,(H,23,29). The number of nitrogens with one attached hydrogen (secondary N) is 1. The van der Waals surface area contributed by atoms with Crippen LogP contribution in [0.25, 0.3) is 5.69 Å². The first kappa shape index (κ1) is 21.1. The highest BCUT2D eigenvalue weighted by atomic mass is 32.2. The van der Waals surface area contributed by atoms with Gasteiger partial charge in [0.1, 0.15) is 17.2 Å². The highest BCUT2D eigenvalue weighted by Gasteiger charge is 2.15. The number of carbonyl (C=O) groups excluding carboxylic acids is 1. The number of thioether (sulfide) groups is 1. The first-order valence-corrected chi connectivity index (χ1v) is 11.3. The van der Waals surface area contributed by atoms with Gasteiger partial charge in [0, 0.05) is 6.54 Å². The van der Waals surface area contributed by atoms with Crippen LogP contribution in [-0.2, 0) is 12.3 Å². The smallest absolute Gasteiger partial charge is 0.282 e. The van der Waals surface area contributed by atoms with E-state index in [1.54, 1.807) is 18.5 Å². The van der Waals surface area contributed by atoms with Gasteiger partial charge >= 0.3 is 0 Å². The lowest BCUT2D eigenvalue weighted by Gasteiger charge is -2.09. The second kappa shape index (κ2) is 9.36. The van der Waals surface area contributed by atoms with Crippen LogP contribution in [0.5, 0.6) is 0 Å². The van der Waals surface area contributed by atoms with Crippen molar-refractivity contribution < 1.29 is 9.18 Å². The Balaban J connectivity index is 1.37. The number of benzene rings is 2. The predicted octanol–water partition coefficient (Wildman–Crippen LogP) is 4.10. The van der Waals surface area contributed by atoms with Crippen molar-refractivity contribution in [3.63, 3.8) is 0 Å². The summed E-state index contributed by atoms with van der Waals surface area (Å²) in [6, 6.07) is 12.2. The molecular formula is C21H19FN6OS2. The van der Waals surface area contributed by atoms with Crippen LogP contribution in [0.2, 0.25) is 0 Å². The number of rotatable bonds is 7. The second-order valence-corrected chi connectivity index (χ2v) is 8.88. The number of carbonyl (C=O) groups is 1. The lowest BCUT2D eigenvalue weighted by atomic mass is 10.1. The zero-order valence-corrected chi connectivity index (χ0v) is 18.5. The van der Waals surface area contributed by atoms with E-state index in [1.165, 1.54) is 40.8 Å². The van der Waals surface area contributed by atoms with E-state index >= 15 is 0 Å². The number of amides is 1. The van der Waals surface area contributed by atoms with E-state index in [9.17, 15) is 9.18 Å². The molecule has 0 spiro atoms. The third kappa shape index (κ3) is 5.15. The third-order valence-corrected chi connectivity index (χ3v) is 6.54. The fourth-order valence-electron chi connectivity index (χ4n) is 2.95. The van der Waals surface area contributed by atoms with Crippen LogP contribution in [0.15, 0.2) is 53.9 Å². The molecule has 4 aromatic rings. The molecule has 0 aliphatic rings. The van der Waals surface area contributed by atoms with Crippen LogP contribution in [-0.4, -0.2) is 30.9 Å². The van der Waals surface area contributed by atoms with Gasteiger partial charge in [-0.3, -0.25) is 9.36 Å². The van der Waals surface area contributed by atoms with Crippen molar-refractivity contribution >= 4 is 29.0 Å². The Morgan fingerprint density at radius 2 is 1.94 bits per heavy atom. The molecule has 1 N–H and O–H groups in total. The zero-order valence-electron chi connectivity index (χ0n) is 16.9. The highest BCUT2D eigenvalue weighted by Crippen LogP contribution is 2.26. The normalized spacial score (nSPS) is 10.9. The zero-order chi connectivity index (χ0) is 21.8. The number of hydrogen-bond acceptors (Lipinski definition) is 7. The minimum atomic E-state index is -0.310. The van der Waals surface area contributed by atoms with Crippen molar-refractivity contribution in [3.05, 3.63) is 81.3 Å². The molecule has 0 saturated heterocycles. The number of aromatic nitrogens is 5. The molecule has 0 aliphatic heterocycles. The van der Waals surface area contributed by atoms with E-state index < -0.39 is 0 Å². The molecule has 0 saturated carbocycles. The largest absolute Gasteiger partial charge is 0.346 e. The van der Waals surface area contributed by atoms with Crippen LogP contribution in [0.4, 0.5) is 4.39 Å². The molecule has 158 valence electrons. The molecule has 1 amide bonds. The van der Waals surface area contributed by atoms with E-state index in [2.05, 4.69) is 51.7 Å². The molecule has 31 heavy (non-hydrogen) atoms. The average Bonchev–Trinajstić information content (AvgIpc) is 3.41. The Hall–Kier alpha value is -3.11. The molecular weight excluding hydrogens is 435 g/mol. The van der Waals surface area contributed by atoms with Crippen LogP contribution >= 0.6 is 23.1 Å². The quantitative estimate of drug-likeness (QED) is 0.423. The monoisotopic (exact) mass is 454 g/mol. The Kier molecular flexibility index (Phi) is 6.38. The summed E-state index contributed by atoms with van der Waals surface area (Å²) in [5, 5.41) is 20.9. The van der Waals surface area contributed by atoms with Gasteiger partial charge in [0.15, 0.2) is 5.16 Å². The summed E-state index contributed by atoms with van der Waals surface area (Å²) >= 11 is 2.72. The summed E-state index contributed by atoms with van der Waals surface area (Å²) in [6.07, 6.45) is 1.69. The SMILES string of the molecule is Cc1ccc(-n2cnnc2SCc2nnc(C(=O)NCc3ccc(F)cc3)s2)c(C)c1. The van der Waals surface area contributed by atoms with E-state index in [0.717, 1.165) is 22.0 Å². The molecule has 10 heteroatoms. The van der Waals surface area contributed by atoms with Gasteiger partial charge in [0.25, 0.3) is 5.91 Å². The van der Waals surface area contributed by atoms with Gasteiger partial charge in [-0.25, -0.2) is 4.39 Å². The molecule has 0 atom stereocenters. The first-order chi connectivity index (χ1) is 15.0. The molecule has 0 bridgehead atoms. The highest BCUT2D eigenvalue weighted by molar-refractivity contribution is 7.98. The van der Waals surface area contributed by atoms with Gasteiger partial charge in [-0.15, -0.1) is 20.4 Å². The van der Waals surface area contributed by atoms with Crippen LogP contribution < -0.4 is 5.32 Å². The maximum Gasteiger partial charge on any atom is 0.282 e. The molecule has 0 unspecified atom stereocenters. The van der Waals surface area contributed by atoms with E-state index in [4.69, 9.17) is 0 Å².